The lowest BCUT2D eigenvalue weighted by Gasteiger charge is -2.04. The second-order valence-corrected chi connectivity index (χ2v) is 9.53. The third-order valence-corrected chi connectivity index (χ3v) is 6.35. The zero-order valence-corrected chi connectivity index (χ0v) is 21.1. The number of carboxylic acids is 1. The molecule has 1 N–H and O–H groups in total. The number of unbranched alkanes of at least 4 members (excludes halogenated alkanes) is 22. The summed E-state index contributed by atoms with van der Waals surface area (Å²) in [6, 6.07) is 0. The molecule has 0 heterocycles. The Morgan fingerprint density at radius 3 is 1.06 bits per heavy atom. The zero-order chi connectivity index (χ0) is 22.7. The molecule has 0 spiro atoms. The number of aliphatic carboxylic acids is 1. The molecule has 0 aromatic rings. The standard InChI is InChI=1S/C28H56O3/c1-2-3-4-5-6-7-8-9-10-11-12-13-14-15-16-17-18-19-20-21-22-23-24-26-31-27-25-28(29)30/h2-27H2,1H3,(H,29,30). The van der Waals surface area contributed by atoms with Crippen molar-refractivity contribution in [3.8, 4) is 0 Å². The molecule has 0 aromatic carbocycles. The second-order valence-electron chi connectivity index (χ2n) is 9.53. The summed E-state index contributed by atoms with van der Waals surface area (Å²) < 4.78 is 5.31. The monoisotopic (exact) mass is 440 g/mol. The summed E-state index contributed by atoms with van der Waals surface area (Å²) in [7, 11) is 0. The third kappa shape index (κ3) is 29.4. The maximum Gasteiger partial charge on any atom is 0.305 e. The molecule has 0 rings (SSSR count). The van der Waals surface area contributed by atoms with Crippen molar-refractivity contribution in [2.45, 2.75) is 161 Å². The molecule has 0 aliphatic heterocycles. The Bertz CT molecular complexity index is 343. The van der Waals surface area contributed by atoms with Gasteiger partial charge in [0.05, 0.1) is 13.0 Å². The topological polar surface area (TPSA) is 46.5 Å². The van der Waals surface area contributed by atoms with Crippen LogP contribution in [0, 0.1) is 0 Å². The van der Waals surface area contributed by atoms with Gasteiger partial charge in [0.1, 0.15) is 0 Å². The van der Waals surface area contributed by atoms with Gasteiger partial charge in [0, 0.05) is 6.61 Å². The van der Waals surface area contributed by atoms with Gasteiger partial charge in [-0.3, -0.25) is 4.79 Å². The molecule has 0 bridgehead atoms. The van der Waals surface area contributed by atoms with E-state index in [1.807, 2.05) is 0 Å². The van der Waals surface area contributed by atoms with Crippen LogP contribution in [0.3, 0.4) is 0 Å². The van der Waals surface area contributed by atoms with Crippen LogP contribution in [0.25, 0.3) is 0 Å². The molecule has 0 saturated carbocycles. The maximum absolute atomic E-state index is 10.4. The highest BCUT2D eigenvalue weighted by Gasteiger charge is 1.97. The highest BCUT2D eigenvalue weighted by molar-refractivity contribution is 5.66. The Balaban J connectivity index is 3.00. The first-order valence-electron chi connectivity index (χ1n) is 14.1. The van der Waals surface area contributed by atoms with Crippen molar-refractivity contribution in [3.63, 3.8) is 0 Å². The van der Waals surface area contributed by atoms with Crippen LogP contribution in [0.2, 0.25) is 0 Å². The second kappa shape index (κ2) is 27.5. The van der Waals surface area contributed by atoms with Crippen LogP contribution in [0.1, 0.15) is 161 Å². The average molecular weight is 441 g/mol. The van der Waals surface area contributed by atoms with Crippen molar-refractivity contribution in [1.82, 2.24) is 0 Å². The molecule has 0 fully saturated rings. The number of carboxylic acid groups (broad SMARTS) is 1. The van der Waals surface area contributed by atoms with Gasteiger partial charge in [-0.05, 0) is 6.42 Å². The van der Waals surface area contributed by atoms with Crippen molar-refractivity contribution in [3.05, 3.63) is 0 Å². The average Bonchev–Trinajstić information content (AvgIpc) is 2.76. The fraction of sp³-hybridized carbons (Fsp3) is 0.964. The summed E-state index contributed by atoms with van der Waals surface area (Å²) in [5.41, 5.74) is 0. The van der Waals surface area contributed by atoms with Crippen LogP contribution < -0.4 is 0 Å². The lowest BCUT2D eigenvalue weighted by molar-refractivity contribution is -0.138. The minimum Gasteiger partial charge on any atom is -0.481 e. The highest BCUT2D eigenvalue weighted by atomic mass is 16.5. The van der Waals surface area contributed by atoms with Gasteiger partial charge < -0.3 is 9.84 Å². The van der Waals surface area contributed by atoms with Crippen LogP contribution in [0.15, 0.2) is 0 Å². The van der Waals surface area contributed by atoms with E-state index in [4.69, 9.17) is 9.84 Å². The Morgan fingerprint density at radius 1 is 0.484 bits per heavy atom. The first-order valence-corrected chi connectivity index (χ1v) is 14.1. The first-order chi connectivity index (χ1) is 15.3. The van der Waals surface area contributed by atoms with Gasteiger partial charge in [0.15, 0.2) is 0 Å². The third-order valence-electron chi connectivity index (χ3n) is 6.35. The first kappa shape index (κ1) is 30.4. The summed E-state index contributed by atoms with van der Waals surface area (Å²) >= 11 is 0. The van der Waals surface area contributed by atoms with Crippen molar-refractivity contribution < 1.29 is 14.6 Å². The van der Waals surface area contributed by atoms with Gasteiger partial charge in [0.25, 0.3) is 0 Å². The van der Waals surface area contributed by atoms with Crippen LogP contribution in [0.5, 0.6) is 0 Å². The fourth-order valence-corrected chi connectivity index (χ4v) is 4.25. The predicted octanol–water partition coefficient (Wildman–Crippen LogP) is 9.47. The Morgan fingerprint density at radius 2 is 0.774 bits per heavy atom. The number of hydrogen-bond donors (Lipinski definition) is 1. The minimum absolute atomic E-state index is 0.124. The molecule has 0 aliphatic rings. The summed E-state index contributed by atoms with van der Waals surface area (Å²) in [4.78, 5) is 10.4. The van der Waals surface area contributed by atoms with Gasteiger partial charge in [-0.1, -0.05) is 148 Å². The summed E-state index contributed by atoms with van der Waals surface area (Å²) in [6.45, 7) is 3.36. The summed E-state index contributed by atoms with van der Waals surface area (Å²) in [5, 5.41) is 8.52. The SMILES string of the molecule is CCCCCCCCCCCCCCCCCCCCCCCCCOCCC(=O)O. The molecule has 0 aliphatic carbocycles. The lowest BCUT2D eigenvalue weighted by Crippen LogP contribution is -2.03. The van der Waals surface area contributed by atoms with E-state index in [9.17, 15) is 4.79 Å². The van der Waals surface area contributed by atoms with Crippen molar-refractivity contribution in [2.24, 2.45) is 0 Å². The Labute approximate surface area is 195 Å². The molecule has 3 heteroatoms. The summed E-state index contributed by atoms with van der Waals surface area (Å²) in [6.07, 6.45) is 32.4. The number of rotatable bonds is 27. The summed E-state index contributed by atoms with van der Waals surface area (Å²) in [5.74, 6) is -0.774. The van der Waals surface area contributed by atoms with Gasteiger partial charge in [0.2, 0.25) is 0 Å². The van der Waals surface area contributed by atoms with E-state index in [0.29, 0.717) is 13.2 Å². The molecule has 0 atom stereocenters. The molecular weight excluding hydrogens is 384 g/mol. The van der Waals surface area contributed by atoms with E-state index >= 15 is 0 Å². The molecule has 0 aromatic heterocycles. The van der Waals surface area contributed by atoms with Gasteiger partial charge in [-0.25, -0.2) is 0 Å². The number of carbonyl (C=O) groups is 1. The zero-order valence-electron chi connectivity index (χ0n) is 21.1. The van der Waals surface area contributed by atoms with E-state index in [-0.39, 0.29) is 6.42 Å². The largest absolute Gasteiger partial charge is 0.481 e. The van der Waals surface area contributed by atoms with E-state index in [1.165, 1.54) is 141 Å². The van der Waals surface area contributed by atoms with Gasteiger partial charge in [-0.15, -0.1) is 0 Å². The number of hydrogen-bond acceptors (Lipinski definition) is 2. The van der Waals surface area contributed by atoms with Crippen LogP contribution >= 0.6 is 0 Å². The number of ether oxygens (including phenoxy) is 1. The van der Waals surface area contributed by atoms with E-state index < -0.39 is 5.97 Å². The predicted molar refractivity (Wildman–Crippen MR) is 135 cm³/mol. The van der Waals surface area contributed by atoms with Crippen molar-refractivity contribution in [2.75, 3.05) is 13.2 Å². The normalized spacial score (nSPS) is 11.3. The van der Waals surface area contributed by atoms with Crippen molar-refractivity contribution >= 4 is 5.97 Å². The molecule has 0 unspecified atom stereocenters. The van der Waals surface area contributed by atoms with E-state index in [2.05, 4.69) is 6.92 Å². The molecule has 31 heavy (non-hydrogen) atoms. The molecule has 0 saturated heterocycles. The van der Waals surface area contributed by atoms with Crippen LogP contribution in [-0.4, -0.2) is 24.3 Å². The van der Waals surface area contributed by atoms with Gasteiger partial charge in [-0.2, -0.15) is 0 Å². The van der Waals surface area contributed by atoms with Gasteiger partial charge >= 0.3 is 5.97 Å². The lowest BCUT2D eigenvalue weighted by atomic mass is 10.0. The smallest absolute Gasteiger partial charge is 0.305 e. The molecule has 0 amide bonds. The minimum atomic E-state index is -0.774. The highest BCUT2D eigenvalue weighted by Crippen LogP contribution is 2.15. The van der Waals surface area contributed by atoms with E-state index in [0.717, 1.165) is 6.42 Å². The molecule has 0 radical (unpaired) electrons. The van der Waals surface area contributed by atoms with Crippen LogP contribution in [0.4, 0.5) is 0 Å². The Kier molecular flexibility index (Phi) is 27.0. The molecule has 186 valence electrons. The maximum atomic E-state index is 10.4. The fourth-order valence-electron chi connectivity index (χ4n) is 4.25. The van der Waals surface area contributed by atoms with E-state index in [1.54, 1.807) is 0 Å². The Hall–Kier alpha value is -0.570. The molecular formula is C28H56O3. The quantitative estimate of drug-likeness (QED) is 0.129. The van der Waals surface area contributed by atoms with Crippen molar-refractivity contribution in [1.29, 1.82) is 0 Å². The van der Waals surface area contributed by atoms with Crippen LogP contribution in [-0.2, 0) is 9.53 Å². The molecule has 3 nitrogen and oxygen atoms in total.